The molecular weight excluding hydrogens is 472 g/mol. The summed E-state index contributed by atoms with van der Waals surface area (Å²) in [7, 11) is 0. The van der Waals surface area contributed by atoms with E-state index in [9.17, 15) is 19.2 Å². The highest BCUT2D eigenvalue weighted by molar-refractivity contribution is 6.15. The first-order valence-electron chi connectivity index (χ1n) is 11.7. The van der Waals surface area contributed by atoms with Gasteiger partial charge in [-0.15, -0.1) is 0 Å². The molecule has 1 N–H and O–H groups in total. The Hall–Kier alpha value is -4.53. The second-order valence-electron chi connectivity index (χ2n) is 9.77. The summed E-state index contributed by atoms with van der Waals surface area (Å²) in [5.41, 5.74) is 2.28. The highest BCUT2D eigenvalue weighted by Crippen LogP contribution is 2.34. The van der Waals surface area contributed by atoms with E-state index >= 15 is 0 Å². The van der Waals surface area contributed by atoms with Crippen LogP contribution in [0.5, 0.6) is 0 Å². The van der Waals surface area contributed by atoms with Gasteiger partial charge < -0.3 is 15.0 Å². The summed E-state index contributed by atoms with van der Waals surface area (Å²) in [5.74, 6) is -1.58. The molecule has 1 aromatic heterocycles. The molecule has 3 aromatic rings. The van der Waals surface area contributed by atoms with Crippen LogP contribution >= 0.6 is 0 Å². The van der Waals surface area contributed by atoms with Crippen LogP contribution in [0.1, 0.15) is 33.3 Å². The van der Waals surface area contributed by atoms with Gasteiger partial charge in [0.2, 0.25) is 5.91 Å². The molecule has 0 spiro atoms. The molecule has 9 nitrogen and oxygen atoms in total. The van der Waals surface area contributed by atoms with Gasteiger partial charge in [-0.3, -0.25) is 19.0 Å². The first kappa shape index (κ1) is 25.6. The number of aromatic nitrogens is 2. The van der Waals surface area contributed by atoms with E-state index in [0.29, 0.717) is 17.4 Å². The number of carbonyl (C=O) groups excluding carboxylic acids is 3. The molecule has 9 heteroatoms. The number of ether oxygens (including phenoxy) is 1. The number of nitrogens with zero attached hydrogens (tertiary/aromatic N) is 3. The summed E-state index contributed by atoms with van der Waals surface area (Å²) in [6.45, 7) is 14.5. The molecule has 0 radical (unpaired) electrons. The van der Waals surface area contributed by atoms with E-state index < -0.39 is 23.0 Å². The van der Waals surface area contributed by atoms with E-state index in [1.807, 2.05) is 24.3 Å². The van der Waals surface area contributed by atoms with Crippen molar-refractivity contribution < 1.29 is 19.1 Å². The minimum Gasteiger partial charge on any atom is -0.455 e. The van der Waals surface area contributed by atoms with Crippen molar-refractivity contribution in [3.63, 3.8) is 0 Å². The largest absolute Gasteiger partial charge is 0.455 e. The predicted molar refractivity (Wildman–Crippen MR) is 142 cm³/mol. The second-order valence-corrected chi connectivity index (χ2v) is 9.77. The number of carbonyl (C=O) groups is 3. The van der Waals surface area contributed by atoms with Crippen LogP contribution in [-0.4, -0.2) is 39.5 Å². The number of esters is 1. The zero-order valence-electron chi connectivity index (χ0n) is 21.3. The summed E-state index contributed by atoms with van der Waals surface area (Å²) in [5, 5.41) is 2.62. The van der Waals surface area contributed by atoms with Crippen LogP contribution in [0.2, 0.25) is 0 Å². The lowest BCUT2D eigenvalue weighted by molar-refractivity contribution is -0.150. The Morgan fingerprint density at radius 3 is 2.51 bits per heavy atom. The summed E-state index contributed by atoms with van der Waals surface area (Å²) < 4.78 is 6.21. The molecule has 0 bridgehead atoms. The van der Waals surface area contributed by atoms with Gasteiger partial charge >= 0.3 is 5.97 Å². The number of hydrogen-bond acceptors (Lipinski definition) is 6. The molecule has 2 amide bonds. The van der Waals surface area contributed by atoms with Gasteiger partial charge in [-0.2, -0.15) is 0 Å². The molecule has 1 aliphatic rings. The lowest BCUT2D eigenvalue weighted by Crippen LogP contribution is -2.35. The van der Waals surface area contributed by atoms with Crippen LogP contribution in [0.25, 0.3) is 27.7 Å². The van der Waals surface area contributed by atoms with Gasteiger partial charge in [0.15, 0.2) is 0 Å². The fourth-order valence-electron chi connectivity index (χ4n) is 4.18. The van der Waals surface area contributed by atoms with Crippen LogP contribution in [0.15, 0.2) is 66.4 Å². The van der Waals surface area contributed by atoms with Crippen LogP contribution < -0.4 is 15.8 Å². The number of anilines is 1. The Kier molecular flexibility index (Phi) is 6.56. The number of amides is 2. The van der Waals surface area contributed by atoms with Gasteiger partial charge in [-0.05, 0) is 56.5 Å². The first-order chi connectivity index (χ1) is 17.4. The molecule has 0 saturated heterocycles. The van der Waals surface area contributed by atoms with Crippen molar-refractivity contribution in [1.82, 2.24) is 14.9 Å². The smallest absolute Gasteiger partial charge is 0.354 e. The highest BCUT2D eigenvalue weighted by Gasteiger charge is 2.24. The summed E-state index contributed by atoms with van der Waals surface area (Å²) in [6, 6.07) is 11.0. The van der Waals surface area contributed by atoms with Gasteiger partial charge in [-0.25, -0.2) is 9.78 Å². The Morgan fingerprint density at radius 1 is 1.11 bits per heavy atom. The normalized spacial score (nSPS) is 12.7. The molecule has 0 atom stereocenters. The lowest BCUT2D eigenvalue weighted by atomic mass is 9.99. The van der Waals surface area contributed by atoms with Crippen molar-refractivity contribution in [1.29, 1.82) is 0 Å². The third kappa shape index (κ3) is 5.06. The van der Waals surface area contributed by atoms with Crippen molar-refractivity contribution in [2.45, 2.75) is 39.7 Å². The fourth-order valence-corrected chi connectivity index (χ4v) is 4.18. The maximum atomic E-state index is 13.3. The molecule has 2 heterocycles. The minimum absolute atomic E-state index is 0.00202. The van der Waals surface area contributed by atoms with E-state index in [4.69, 9.17) is 4.74 Å². The Labute approximate surface area is 214 Å². The van der Waals surface area contributed by atoms with Crippen LogP contribution in [0, 0.1) is 0 Å². The SMILES string of the molecule is C=C(NC(=O)C(=C)n1cnc2c(-c3ccc4c(c3)CCN4C(C)=O)cccc2c1=O)C(=O)OC(C)(C)C. The first-order valence-corrected chi connectivity index (χ1v) is 11.7. The standard InChI is InChI=1S/C28H28N4O5/c1-16(27(36)37-28(4,5)6)30-25(34)17(2)32-15-29-24-21(8-7-9-22(24)26(32)35)19-10-11-23-20(14-19)12-13-31(23)18(3)33/h7-11,14-15H,1-2,12-13H2,3-6H3,(H,30,34). The maximum Gasteiger partial charge on any atom is 0.354 e. The number of fused-ring (bicyclic) bond motifs is 2. The van der Waals surface area contributed by atoms with Gasteiger partial charge in [0.1, 0.15) is 23.3 Å². The molecule has 2 aromatic carbocycles. The Bertz CT molecular complexity index is 1540. The van der Waals surface area contributed by atoms with Crippen molar-refractivity contribution in [2.75, 3.05) is 11.4 Å². The van der Waals surface area contributed by atoms with Crippen LogP contribution in [-0.2, 0) is 25.5 Å². The van der Waals surface area contributed by atoms with E-state index in [0.717, 1.165) is 33.4 Å². The lowest BCUT2D eigenvalue weighted by Gasteiger charge is -2.20. The highest BCUT2D eigenvalue weighted by atomic mass is 16.6. The number of nitrogens with one attached hydrogen (secondary N) is 1. The molecule has 37 heavy (non-hydrogen) atoms. The number of benzene rings is 2. The molecular formula is C28H28N4O5. The van der Waals surface area contributed by atoms with Crippen molar-refractivity contribution in [2.24, 2.45) is 0 Å². The van der Waals surface area contributed by atoms with Crippen LogP contribution in [0.3, 0.4) is 0 Å². The Morgan fingerprint density at radius 2 is 1.84 bits per heavy atom. The molecule has 1 aliphatic heterocycles. The van der Waals surface area contributed by atoms with Crippen molar-refractivity contribution >= 4 is 40.1 Å². The molecule has 190 valence electrons. The van der Waals surface area contributed by atoms with Crippen molar-refractivity contribution in [3.8, 4) is 11.1 Å². The number of rotatable bonds is 5. The van der Waals surface area contributed by atoms with Gasteiger partial charge in [-0.1, -0.05) is 31.4 Å². The maximum absolute atomic E-state index is 13.3. The Balaban J connectivity index is 1.63. The number of hydrogen-bond donors (Lipinski definition) is 1. The average Bonchev–Trinajstić information content (AvgIpc) is 3.26. The van der Waals surface area contributed by atoms with Crippen LogP contribution in [0.4, 0.5) is 5.69 Å². The summed E-state index contributed by atoms with van der Waals surface area (Å²) >= 11 is 0. The molecule has 0 aliphatic carbocycles. The van der Waals surface area contributed by atoms with E-state index in [1.165, 1.54) is 6.33 Å². The zero-order chi connectivity index (χ0) is 27.1. The van der Waals surface area contributed by atoms with E-state index in [-0.39, 0.29) is 17.3 Å². The third-order valence-corrected chi connectivity index (χ3v) is 5.92. The summed E-state index contributed by atoms with van der Waals surface area (Å²) in [4.78, 5) is 56.2. The fraction of sp³-hybridized carbons (Fsp3) is 0.250. The van der Waals surface area contributed by atoms with Gasteiger partial charge in [0.05, 0.1) is 10.9 Å². The quantitative estimate of drug-likeness (QED) is 0.425. The van der Waals surface area contributed by atoms with E-state index in [2.05, 4.69) is 23.5 Å². The third-order valence-electron chi connectivity index (χ3n) is 5.92. The second kappa shape index (κ2) is 9.50. The summed E-state index contributed by atoms with van der Waals surface area (Å²) in [6.07, 6.45) is 1.98. The monoisotopic (exact) mass is 500 g/mol. The molecule has 0 saturated carbocycles. The average molecular weight is 501 g/mol. The van der Waals surface area contributed by atoms with Gasteiger partial charge in [0.25, 0.3) is 11.5 Å². The molecule has 0 unspecified atom stereocenters. The predicted octanol–water partition coefficient (Wildman–Crippen LogP) is 3.41. The van der Waals surface area contributed by atoms with E-state index in [1.54, 1.807) is 44.7 Å². The van der Waals surface area contributed by atoms with Crippen molar-refractivity contribution in [3.05, 3.63) is 77.5 Å². The topological polar surface area (TPSA) is 111 Å². The number of para-hydroxylation sites is 1. The minimum atomic E-state index is -0.789. The molecule has 4 rings (SSSR count). The molecule has 0 fully saturated rings. The van der Waals surface area contributed by atoms with Gasteiger partial charge in [0, 0.05) is 24.7 Å². The zero-order valence-corrected chi connectivity index (χ0v) is 21.3.